The SMILES string of the molecule is CCCCCCCCCCCCCCC/C=C\C/C=C\CCCCCCCCCCCCCCCCCCC(O)C(=O)NC(CO)C(O)/C=C/CCCCCCCCCCCCCCCCC. The molecule has 0 rings (SSSR count). The van der Waals surface area contributed by atoms with Crippen LogP contribution < -0.4 is 5.32 Å². The molecule has 0 fully saturated rings. The molecule has 0 aliphatic carbocycles. The lowest BCUT2D eigenvalue weighted by molar-refractivity contribution is -0.131. The van der Waals surface area contributed by atoms with E-state index in [0.29, 0.717) is 6.42 Å². The molecular formula is C62H119NO4. The Morgan fingerprint density at radius 3 is 0.940 bits per heavy atom. The summed E-state index contributed by atoms with van der Waals surface area (Å²) in [5, 5.41) is 33.4. The number of carbonyl (C=O) groups excluding carboxylic acids is 1. The molecule has 3 unspecified atom stereocenters. The first-order valence-corrected chi connectivity index (χ1v) is 30.3. The largest absolute Gasteiger partial charge is 0.394 e. The van der Waals surface area contributed by atoms with E-state index in [-0.39, 0.29) is 6.61 Å². The van der Waals surface area contributed by atoms with Gasteiger partial charge in [0, 0.05) is 0 Å². The number of amides is 1. The van der Waals surface area contributed by atoms with Crippen molar-refractivity contribution < 1.29 is 20.1 Å². The average Bonchev–Trinajstić information content (AvgIpc) is 3.33. The van der Waals surface area contributed by atoms with Crippen molar-refractivity contribution in [2.75, 3.05) is 6.61 Å². The summed E-state index contributed by atoms with van der Waals surface area (Å²) in [5.41, 5.74) is 0. The topological polar surface area (TPSA) is 89.8 Å². The van der Waals surface area contributed by atoms with Crippen molar-refractivity contribution in [1.82, 2.24) is 5.32 Å². The van der Waals surface area contributed by atoms with E-state index in [1.54, 1.807) is 6.08 Å². The maximum absolute atomic E-state index is 12.6. The number of allylic oxidation sites excluding steroid dienone is 5. The van der Waals surface area contributed by atoms with Gasteiger partial charge in [0.2, 0.25) is 5.91 Å². The van der Waals surface area contributed by atoms with Crippen molar-refractivity contribution in [3.8, 4) is 0 Å². The number of rotatable bonds is 56. The lowest BCUT2D eigenvalue weighted by atomic mass is 10.0. The van der Waals surface area contributed by atoms with E-state index < -0.39 is 24.2 Å². The number of nitrogens with one attached hydrogen (secondary N) is 1. The number of unbranched alkanes of at least 4 members (excludes halogenated alkanes) is 44. The van der Waals surface area contributed by atoms with E-state index in [2.05, 4.69) is 43.5 Å². The molecule has 0 spiro atoms. The van der Waals surface area contributed by atoms with Gasteiger partial charge in [-0.05, 0) is 51.4 Å². The Labute approximate surface area is 419 Å². The number of hydrogen-bond donors (Lipinski definition) is 4. The number of aliphatic hydroxyl groups excluding tert-OH is 3. The summed E-state index contributed by atoms with van der Waals surface area (Å²) in [7, 11) is 0. The molecule has 0 aromatic rings. The van der Waals surface area contributed by atoms with Crippen molar-refractivity contribution in [3.63, 3.8) is 0 Å². The maximum Gasteiger partial charge on any atom is 0.249 e. The molecule has 67 heavy (non-hydrogen) atoms. The third-order valence-electron chi connectivity index (χ3n) is 14.2. The highest BCUT2D eigenvalue weighted by atomic mass is 16.3. The summed E-state index contributed by atoms with van der Waals surface area (Å²) in [6, 6.07) is -0.797. The highest BCUT2D eigenvalue weighted by Crippen LogP contribution is 2.18. The summed E-state index contributed by atoms with van der Waals surface area (Å²) < 4.78 is 0. The number of aliphatic hydroxyl groups is 3. The lowest BCUT2D eigenvalue weighted by Gasteiger charge is -2.21. The second kappa shape index (κ2) is 57.2. The molecule has 396 valence electrons. The summed E-state index contributed by atoms with van der Waals surface area (Å²) in [6.07, 6.45) is 75.3. The van der Waals surface area contributed by atoms with Gasteiger partial charge in [-0.3, -0.25) is 4.79 Å². The number of hydrogen-bond acceptors (Lipinski definition) is 4. The molecule has 3 atom stereocenters. The quantitative estimate of drug-likeness (QED) is 0.0361. The zero-order valence-electron chi connectivity index (χ0n) is 45.3. The molecule has 0 saturated heterocycles. The van der Waals surface area contributed by atoms with Gasteiger partial charge in [0.25, 0.3) is 0 Å². The Morgan fingerprint density at radius 1 is 0.373 bits per heavy atom. The minimum absolute atomic E-state index is 0.361. The fourth-order valence-corrected chi connectivity index (χ4v) is 9.51. The monoisotopic (exact) mass is 942 g/mol. The zero-order chi connectivity index (χ0) is 48.6. The van der Waals surface area contributed by atoms with Gasteiger partial charge in [-0.1, -0.05) is 314 Å². The van der Waals surface area contributed by atoms with E-state index in [1.807, 2.05) is 6.08 Å². The van der Waals surface area contributed by atoms with Gasteiger partial charge in [-0.15, -0.1) is 0 Å². The Balaban J connectivity index is 3.51. The van der Waals surface area contributed by atoms with Crippen LogP contribution in [0.15, 0.2) is 36.5 Å². The van der Waals surface area contributed by atoms with Crippen LogP contribution in [-0.2, 0) is 4.79 Å². The van der Waals surface area contributed by atoms with Crippen LogP contribution in [0.2, 0.25) is 0 Å². The van der Waals surface area contributed by atoms with Crippen LogP contribution in [0.4, 0.5) is 0 Å². The summed E-state index contributed by atoms with van der Waals surface area (Å²) in [4.78, 5) is 12.6. The van der Waals surface area contributed by atoms with Crippen LogP contribution in [0.1, 0.15) is 328 Å². The van der Waals surface area contributed by atoms with Crippen LogP contribution in [-0.4, -0.2) is 46.1 Å². The third kappa shape index (κ3) is 52.2. The van der Waals surface area contributed by atoms with Crippen LogP contribution in [0.25, 0.3) is 0 Å². The van der Waals surface area contributed by atoms with Crippen molar-refractivity contribution in [2.45, 2.75) is 347 Å². The normalized spacial score (nSPS) is 13.4. The van der Waals surface area contributed by atoms with E-state index in [4.69, 9.17) is 0 Å². The van der Waals surface area contributed by atoms with Crippen molar-refractivity contribution in [2.24, 2.45) is 0 Å². The fraction of sp³-hybridized carbons (Fsp3) is 0.887. The van der Waals surface area contributed by atoms with Crippen LogP contribution in [0, 0.1) is 0 Å². The van der Waals surface area contributed by atoms with Crippen LogP contribution >= 0.6 is 0 Å². The summed E-state index contributed by atoms with van der Waals surface area (Å²) in [5.74, 6) is -0.499. The molecule has 0 radical (unpaired) electrons. The molecule has 0 bridgehead atoms. The molecule has 4 N–H and O–H groups in total. The molecule has 0 aliphatic heterocycles. The predicted molar refractivity (Wildman–Crippen MR) is 296 cm³/mol. The van der Waals surface area contributed by atoms with Crippen molar-refractivity contribution >= 4 is 5.91 Å². The number of carbonyl (C=O) groups is 1. The first-order chi connectivity index (χ1) is 33.1. The Hall–Kier alpha value is -1.43. The molecule has 0 aliphatic rings. The third-order valence-corrected chi connectivity index (χ3v) is 14.2. The van der Waals surface area contributed by atoms with E-state index in [9.17, 15) is 20.1 Å². The first kappa shape index (κ1) is 65.6. The zero-order valence-corrected chi connectivity index (χ0v) is 45.3. The summed E-state index contributed by atoms with van der Waals surface area (Å²) >= 11 is 0. The minimum Gasteiger partial charge on any atom is -0.394 e. The van der Waals surface area contributed by atoms with Gasteiger partial charge in [0.15, 0.2) is 0 Å². The van der Waals surface area contributed by atoms with Gasteiger partial charge >= 0.3 is 0 Å². The predicted octanol–water partition coefficient (Wildman–Crippen LogP) is 19.0. The average molecular weight is 943 g/mol. The van der Waals surface area contributed by atoms with Gasteiger partial charge in [-0.25, -0.2) is 0 Å². The molecular weight excluding hydrogens is 823 g/mol. The van der Waals surface area contributed by atoms with Gasteiger partial charge < -0.3 is 20.6 Å². The second-order valence-corrected chi connectivity index (χ2v) is 20.9. The molecule has 0 heterocycles. The van der Waals surface area contributed by atoms with Crippen LogP contribution in [0.3, 0.4) is 0 Å². The molecule has 5 heteroatoms. The molecule has 0 aromatic heterocycles. The Kier molecular flexibility index (Phi) is 55.9. The van der Waals surface area contributed by atoms with Crippen LogP contribution in [0.5, 0.6) is 0 Å². The summed E-state index contributed by atoms with van der Waals surface area (Å²) in [6.45, 7) is 4.21. The van der Waals surface area contributed by atoms with Gasteiger partial charge in [0.05, 0.1) is 18.8 Å². The smallest absolute Gasteiger partial charge is 0.249 e. The first-order valence-electron chi connectivity index (χ1n) is 30.3. The van der Waals surface area contributed by atoms with E-state index in [1.165, 1.54) is 270 Å². The Bertz CT molecular complexity index is 1040. The second-order valence-electron chi connectivity index (χ2n) is 20.9. The van der Waals surface area contributed by atoms with Crippen molar-refractivity contribution in [1.29, 1.82) is 0 Å². The maximum atomic E-state index is 12.6. The standard InChI is InChI=1S/C62H119NO4/c1-3-5-7-9-11-13-15-17-19-21-22-23-24-25-26-27-28-29-30-31-32-33-34-35-36-37-38-39-41-43-45-47-49-51-53-55-57-61(66)62(67)63-59(58-64)60(65)56-54-52-50-48-46-44-42-40-20-18-16-14-12-10-8-6-4-2/h26-27,29-30,54,56,59-61,64-66H,3-25,28,31-53,55,57-58H2,1-2H3,(H,63,67)/b27-26-,30-29-,56-54+. The molecule has 5 nitrogen and oxygen atoms in total. The van der Waals surface area contributed by atoms with Gasteiger partial charge in [0.1, 0.15) is 6.10 Å². The lowest BCUT2D eigenvalue weighted by Crippen LogP contribution is -2.48. The molecule has 1 amide bonds. The molecule has 0 aromatic carbocycles. The molecule has 0 saturated carbocycles. The highest BCUT2D eigenvalue weighted by Gasteiger charge is 2.22. The minimum atomic E-state index is -1.10. The van der Waals surface area contributed by atoms with Gasteiger partial charge in [-0.2, -0.15) is 0 Å². The highest BCUT2D eigenvalue weighted by molar-refractivity contribution is 5.80. The Morgan fingerprint density at radius 2 is 0.642 bits per heavy atom. The fourth-order valence-electron chi connectivity index (χ4n) is 9.51. The van der Waals surface area contributed by atoms with E-state index >= 15 is 0 Å². The van der Waals surface area contributed by atoms with Crippen molar-refractivity contribution in [3.05, 3.63) is 36.5 Å². The van der Waals surface area contributed by atoms with E-state index in [0.717, 1.165) is 38.5 Å².